The van der Waals surface area contributed by atoms with E-state index in [0.29, 0.717) is 15.9 Å². The summed E-state index contributed by atoms with van der Waals surface area (Å²) in [6.45, 7) is 2.30. The van der Waals surface area contributed by atoms with Crippen LogP contribution >= 0.6 is 23.1 Å². The topological polar surface area (TPSA) is 55.6 Å². The molecule has 2 aliphatic rings. The monoisotopic (exact) mass is 336 g/mol. The van der Waals surface area contributed by atoms with Gasteiger partial charge in [0.15, 0.2) is 10.8 Å². The Morgan fingerprint density at radius 3 is 3.27 bits per heavy atom. The van der Waals surface area contributed by atoms with Gasteiger partial charge in [0.1, 0.15) is 4.88 Å². The molecule has 0 N–H and O–H groups in total. The van der Waals surface area contributed by atoms with Crippen molar-refractivity contribution in [3.8, 4) is 10.8 Å². The lowest BCUT2D eigenvalue weighted by molar-refractivity contribution is 0.0322. The van der Waals surface area contributed by atoms with Crippen LogP contribution in [0, 0.1) is 0 Å². The lowest BCUT2D eigenvalue weighted by atomic mass is 10.1. The molecule has 5 nitrogen and oxygen atoms in total. The normalized spacial score (nSPS) is 25.0. The molecule has 0 unspecified atom stereocenters. The number of carbonyl (C=O) groups is 1. The average Bonchev–Trinajstić information content (AvgIpc) is 3.24. The van der Waals surface area contributed by atoms with Gasteiger partial charge in [-0.25, -0.2) is 4.98 Å². The van der Waals surface area contributed by atoms with Crippen LogP contribution in [-0.2, 0) is 4.74 Å². The molecular weight excluding hydrogens is 320 g/mol. The fraction of sp³-hybridized carbons (Fsp3) is 0.467. The first-order chi connectivity index (χ1) is 10.8. The lowest BCUT2D eigenvalue weighted by Gasteiger charge is -2.43. The molecule has 2 aromatic rings. The standard InChI is InChI=1S/C15H16N2O3S2/c18-15(12-8-16-14(22-12)11-2-1-5-20-11)17-4-7-21-13-9-19-6-3-10(13)17/h1-2,5,8,10,13H,3-4,6-7,9H2/t10-,13-/m1/s1. The number of aromatic nitrogens is 1. The van der Waals surface area contributed by atoms with Crippen LogP contribution in [0.25, 0.3) is 10.8 Å². The molecule has 0 radical (unpaired) electrons. The van der Waals surface area contributed by atoms with Crippen LogP contribution in [0.5, 0.6) is 0 Å². The molecule has 2 saturated heterocycles. The van der Waals surface area contributed by atoms with Crippen LogP contribution in [0.4, 0.5) is 0 Å². The molecule has 4 heterocycles. The third kappa shape index (κ3) is 2.57. The maximum Gasteiger partial charge on any atom is 0.265 e. The highest BCUT2D eigenvalue weighted by Gasteiger charge is 2.37. The molecule has 116 valence electrons. The van der Waals surface area contributed by atoms with Gasteiger partial charge >= 0.3 is 0 Å². The first-order valence-corrected chi connectivity index (χ1v) is 9.19. The smallest absolute Gasteiger partial charge is 0.265 e. The third-order valence-electron chi connectivity index (χ3n) is 4.04. The number of ether oxygens (including phenoxy) is 1. The number of amides is 1. The molecule has 4 rings (SSSR count). The number of thioether (sulfide) groups is 1. The number of furan rings is 1. The number of rotatable bonds is 2. The molecule has 0 bridgehead atoms. The molecule has 7 heteroatoms. The maximum atomic E-state index is 12.9. The van der Waals surface area contributed by atoms with Gasteiger partial charge in [-0.2, -0.15) is 11.8 Å². The summed E-state index contributed by atoms with van der Waals surface area (Å²) in [7, 11) is 0. The van der Waals surface area contributed by atoms with Crippen molar-refractivity contribution in [1.29, 1.82) is 0 Å². The highest BCUT2D eigenvalue weighted by molar-refractivity contribution is 8.00. The van der Waals surface area contributed by atoms with E-state index >= 15 is 0 Å². The van der Waals surface area contributed by atoms with Crippen LogP contribution in [0.1, 0.15) is 16.1 Å². The number of fused-ring (bicyclic) bond motifs is 1. The van der Waals surface area contributed by atoms with Crippen LogP contribution in [0.3, 0.4) is 0 Å². The zero-order valence-corrected chi connectivity index (χ0v) is 13.6. The fourth-order valence-electron chi connectivity index (χ4n) is 2.97. The van der Waals surface area contributed by atoms with Crippen molar-refractivity contribution in [3.63, 3.8) is 0 Å². The Kier molecular flexibility index (Phi) is 3.94. The fourth-order valence-corrected chi connectivity index (χ4v) is 5.11. The van der Waals surface area contributed by atoms with E-state index in [9.17, 15) is 4.79 Å². The van der Waals surface area contributed by atoms with E-state index in [1.165, 1.54) is 11.3 Å². The Balaban J connectivity index is 1.56. The Hall–Kier alpha value is -1.31. The summed E-state index contributed by atoms with van der Waals surface area (Å²) in [6, 6.07) is 3.97. The van der Waals surface area contributed by atoms with Crippen molar-refractivity contribution in [2.45, 2.75) is 17.7 Å². The minimum Gasteiger partial charge on any atom is -0.462 e. The zero-order chi connectivity index (χ0) is 14.9. The van der Waals surface area contributed by atoms with Gasteiger partial charge in [-0.05, 0) is 18.6 Å². The van der Waals surface area contributed by atoms with Gasteiger partial charge < -0.3 is 14.1 Å². The molecule has 0 aromatic carbocycles. The molecule has 0 aliphatic carbocycles. The van der Waals surface area contributed by atoms with Gasteiger partial charge in [-0.1, -0.05) is 0 Å². The number of carbonyl (C=O) groups excluding carboxylic acids is 1. The van der Waals surface area contributed by atoms with Gasteiger partial charge in [-0.15, -0.1) is 11.3 Å². The Morgan fingerprint density at radius 2 is 2.41 bits per heavy atom. The largest absolute Gasteiger partial charge is 0.462 e. The summed E-state index contributed by atoms with van der Waals surface area (Å²) in [6.07, 6.45) is 4.21. The van der Waals surface area contributed by atoms with Gasteiger partial charge in [0, 0.05) is 30.2 Å². The quantitative estimate of drug-likeness (QED) is 0.844. The third-order valence-corrected chi connectivity index (χ3v) is 6.34. The molecule has 2 aliphatic heterocycles. The van der Waals surface area contributed by atoms with Crippen molar-refractivity contribution < 1.29 is 13.9 Å². The predicted molar refractivity (Wildman–Crippen MR) is 86.3 cm³/mol. The number of nitrogens with zero attached hydrogens (tertiary/aromatic N) is 2. The van der Waals surface area contributed by atoms with Crippen molar-refractivity contribution in [1.82, 2.24) is 9.88 Å². The van der Waals surface area contributed by atoms with Crippen LogP contribution in [-0.4, -0.2) is 52.6 Å². The molecular formula is C15H16N2O3S2. The molecule has 1 amide bonds. The average molecular weight is 336 g/mol. The van der Waals surface area contributed by atoms with E-state index in [2.05, 4.69) is 4.98 Å². The summed E-state index contributed by atoms with van der Waals surface area (Å²) in [5, 5.41) is 1.16. The lowest BCUT2D eigenvalue weighted by Crippen LogP contribution is -2.54. The first kappa shape index (κ1) is 14.3. The van der Waals surface area contributed by atoms with E-state index in [1.54, 1.807) is 12.5 Å². The van der Waals surface area contributed by atoms with Gasteiger partial charge in [0.25, 0.3) is 5.91 Å². The zero-order valence-electron chi connectivity index (χ0n) is 11.9. The second-order valence-corrected chi connectivity index (χ2v) is 7.72. The van der Waals surface area contributed by atoms with E-state index < -0.39 is 0 Å². The van der Waals surface area contributed by atoms with Gasteiger partial charge in [0.2, 0.25) is 0 Å². The number of hydrogen-bond acceptors (Lipinski definition) is 6. The minimum atomic E-state index is 0.0903. The molecule has 2 aromatic heterocycles. The van der Waals surface area contributed by atoms with Crippen molar-refractivity contribution in [3.05, 3.63) is 29.5 Å². The van der Waals surface area contributed by atoms with Crippen molar-refractivity contribution in [2.24, 2.45) is 0 Å². The molecule has 2 fully saturated rings. The van der Waals surface area contributed by atoms with Crippen molar-refractivity contribution >= 4 is 29.0 Å². The first-order valence-electron chi connectivity index (χ1n) is 7.33. The summed E-state index contributed by atoms with van der Waals surface area (Å²) in [5.41, 5.74) is 0. The predicted octanol–water partition coefficient (Wildman–Crippen LogP) is 2.75. The summed E-state index contributed by atoms with van der Waals surface area (Å²) < 4.78 is 10.9. The van der Waals surface area contributed by atoms with E-state index in [0.717, 1.165) is 36.9 Å². The molecule has 0 spiro atoms. The summed E-state index contributed by atoms with van der Waals surface area (Å²) in [5.74, 6) is 1.77. The van der Waals surface area contributed by atoms with Gasteiger partial charge in [0.05, 0.1) is 19.1 Å². The number of hydrogen-bond donors (Lipinski definition) is 0. The second kappa shape index (κ2) is 6.06. The van der Waals surface area contributed by atoms with Crippen LogP contribution in [0.2, 0.25) is 0 Å². The van der Waals surface area contributed by atoms with Crippen molar-refractivity contribution in [2.75, 3.05) is 25.5 Å². The van der Waals surface area contributed by atoms with Gasteiger partial charge in [-0.3, -0.25) is 4.79 Å². The second-order valence-electron chi connectivity index (χ2n) is 5.35. The van der Waals surface area contributed by atoms with E-state index in [-0.39, 0.29) is 11.9 Å². The van der Waals surface area contributed by atoms with E-state index in [4.69, 9.17) is 9.15 Å². The highest BCUT2D eigenvalue weighted by atomic mass is 32.2. The Morgan fingerprint density at radius 1 is 1.45 bits per heavy atom. The summed E-state index contributed by atoms with van der Waals surface area (Å²) in [4.78, 5) is 19.9. The van der Waals surface area contributed by atoms with Crippen LogP contribution < -0.4 is 0 Å². The van der Waals surface area contributed by atoms with Crippen LogP contribution in [0.15, 0.2) is 29.0 Å². The maximum absolute atomic E-state index is 12.9. The molecule has 22 heavy (non-hydrogen) atoms. The van der Waals surface area contributed by atoms with E-state index in [1.807, 2.05) is 28.8 Å². The Bertz CT molecular complexity index is 654. The minimum absolute atomic E-state index is 0.0903. The number of thiazole rings is 1. The molecule has 2 atom stereocenters. The summed E-state index contributed by atoms with van der Waals surface area (Å²) >= 11 is 3.32. The Labute approximate surface area is 136 Å². The highest BCUT2D eigenvalue weighted by Crippen LogP contribution is 2.33. The SMILES string of the molecule is O=C(c1cnc(-c2ccco2)s1)N1CCS[C@@H]2COCC[C@H]21. The molecule has 0 saturated carbocycles.